The van der Waals surface area contributed by atoms with Crippen LogP contribution in [0.1, 0.15) is 41.2 Å². The van der Waals surface area contributed by atoms with E-state index in [9.17, 15) is 4.79 Å². The Hall–Kier alpha value is -2.10. The van der Waals surface area contributed by atoms with Crippen LogP contribution in [0.15, 0.2) is 24.3 Å². The number of anilines is 1. The number of aromatic nitrogens is 2. The minimum absolute atomic E-state index is 0.0288. The van der Waals surface area contributed by atoms with Crippen molar-refractivity contribution in [1.82, 2.24) is 9.78 Å². The molecule has 0 amide bonds. The van der Waals surface area contributed by atoms with Gasteiger partial charge in [0.05, 0.1) is 12.2 Å². The van der Waals surface area contributed by atoms with Gasteiger partial charge >= 0.3 is 0 Å². The Bertz CT molecular complexity index is 671. The quantitative estimate of drug-likeness (QED) is 0.914. The summed E-state index contributed by atoms with van der Waals surface area (Å²) in [6, 6.07) is 7.95. The molecule has 0 bridgehead atoms. The molecule has 0 unspecified atom stereocenters. The maximum absolute atomic E-state index is 12.4. The van der Waals surface area contributed by atoms with Crippen molar-refractivity contribution >= 4 is 11.6 Å². The highest BCUT2D eigenvalue weighted by Crippen LogP contribution is 2.18. The van der Waals surface area contributed by atoms with Gasteiger partial charge in [0.25, 0.3) is 5.91 Å². The van der Waals surface area contributed by atoms with Crippen LogP contribution in [0, 0.1) is 26.7 Å². The molecule has 2 rings (SSSR count). The molecule has 1 aromatic carbocycles. The predicted molar refractivity (Wildman–Crippen MR) is 90.5 cm³/mol. The third kappa shape index (κ3) is 3.56. The minimum atomic E-state index is -0.0288. The number of carbonyl (C=O) groups is 1. The molecule has 2 aromatic rings. The van der Waals surface area contributed by atoms with E-state index in [0.717, 1.165) is 29.1 Å². The number of hydrogen-bond donors (Lipinski definition) is 1. The Balaban J connectivity index is 2.12. The summed E-state index contributed by atoms with van der Waals surface area (Å²) in [6.07, 6.45) is 0.955. The molecule has 0 fully saturated rings. The number of nitrogens with zero attached hydrogens (tertiary/aromatic N) is 2. The fourth-order valence-electron chi connectivity index (χ4n) is 2.64. The first-order valence-electron chi connectivity index (χ1n) is 7.78. The molecular weight excluding hydrogens is 274 g/mol. The molecule has 0 saturated heterocycles. The van der Waals surface area contributed by atoms with Gasteiger partial charge in [0.2, 0.25) is 0 Å². The van der Waals surface area contributed by atoms with E-state index in [2.05, 4.69) is 24.3 Å². The highest BCUT2D eigenvalue weighted by atomic mass is 16.2. The fourth-order valence-corrected chi connectivity index (χ4v) is 2.64. The van der Waals surface area contributed by atoms with Gasteiger partial charge in [0.1, 0.15) is 0 Å². The van der Waals surface area contributed by atoms with E-state index in [-0.39, 0.29) is 12.5 Å². The Morgan fingerprint density at radius 1 is 1.23 bits per heavy atom. The molecule has 0 spiro atoms. The minimum Gasteiger partial charge on any atom is -0.376 e. The molecule has 0 atom stereocenters. The molecule has 4 nitrogen and oxygen atoms in total. The van der Waals surface area contributed by atoms with E-state index in [0.29, 0.717) is 5.92 Å². The zero-order chi connectivity index (χ0) is 16.3. The number of aryl methyl sites for hydroxylation is 2. The third-order valence-corrected chi connectivity index (χ3v) is 3.86. The van der Waals surface area contributed by atoms with Crippen LogP contribution in [0.5, 0.6) is 0 Å². The van der Waals surface area contributed by atoms with Crippen LogP contribution in [0.25, 0.3) is 0 Å². The van der Waals surface area contributed by atoms with Crippen LogP contribution in [-0.4, -0.2) is 22.2 Å². The van der Waals surface area contributed by atoms with Gasteiger partial charge < -0.3 is 5.32 Å². The van der Waals surface area contributed by atoms with Crippen molar-refractivity contribution in [3.63, 3.8) is 0 Å². The molecular formula is C18H25N3O. The summed E-state index contributed by atoms with van der Waals surface area (Å²) < 4.78 is 1.54. The fraction of sp³-hybridized carbons (Fsp3) is 0.444. The summed E-state index contributed by atoms with van der Waals surface area (Å²) in [4.78, 5) is 12.4. The zero-order valence-corrected chi connectivity index (χ0v) is 14.1. The molecule has 22 heavy (non-hydrogen) atoms. The second-order valence-corrected chi connectivity index (χ2v) is 6.22. The van der Waals surface area contributed by atoms with Crippen LogP contribution < -0.4 is 5.32 Å². The average Bonchev–Trinajstić information content (AvgIpc) is 2.74. The van der Waals surface area contributed by atoms with Gasteiger partial charge in [0, 0.05) is 11.4 Å². The van der Waals surface area contributed by atoms with Crippen molar-refractivity contribution in [2.45, 2.75) is 41.0 Å². The first kappa shape index (κ1) is 16.3. The maximum Gasteiger partial charge on any atom is 0.266 e. The number of rotatable bonds is 5. The molecule has 0 saturated carbocycles. The van der Waals surface area contributed by atoms with E-state index in [1.165, 1.54) is 10.2 Å². The lowest BCUT2D eigenvalue weighted by Gasteiger charge is -2.10. The summed E-state index contributed by atoms with van der Waals surface area (Å²) in [5.41, 5.74) is 5.22. The second kappa shape index (κ2) is 6.77. The lowest BCUT2D eigenvalue weighted by Crippen LogP contribution is -2.23. The highest BCUT2D eigenvalue weighted by molar-refractivity contribution is 5.83. The molecule has 0 aliphatic rings. The lowest BCUT2D eigenvalue weighted by atomic mass is 10.0. The first-order chi connectivity index (χ1) is 10.4. The van der Waals surface area contributed by atoms with Crippen LogP contribution in [0.2, 0.25) is 0 Å². The summed E-state index contributed by atoms with van der Waals surface area (Å²) in [5.74, 6) is 0.522. The van der Waals surface area contributed by atoms with Gasteiger partial charge in [-0.15, -0.1) is 0 Å². The summed E-state index contributed by atoms with van der Waals surface area (Å²) in [7, 11) is 0. The van der Waals surface area contributed by atoms with Crippen molar-refractivity contribution in [1.29, 1.82) is 0 Å². The van der Waals surface area contributed by atoms with E-state index in [1.54, 1.807) is 0 Å². The molecule has 118 valence electrons. The normalized spacial score (nSPS) is 11.0. The Kier molecular flexibility index (Phi) is 5.01. The van der Waals surface area contributed by atoms with Crippen molar-refractivity contribution in [2.75, 3.05) is 11.9 Å². The van der Waals surface area contributed by atoms with E-state index < -0.39 is 0 Å². The van der Waals surface area contributed by atoms with Crippen molar-refractivity contribution in [3.05, 3.63) is 46.8 Å². The van der Waals surface area contributed by atoms with E-state index in [4.69, 9.17) is 0 Å². The Labute approximate surface area is 132 Å². The van der Waals surface area contributed by atoms with Crippen LogP contribution in [0.4, 0.5) is 5.69 Å². The molecule has 1 N–H and O–H groups in total. The van der Waals surface area contributed by atoms with Gasteiger partial charge in [-0.1, -0.05) is 32.0 Å². The van der Waals surface area contributed by atoms with Crippen molar-refractivity contribution in [2.24, 2.45) is 5.92 Å². The van der Waals surface area contributed by atoms with Crippen LogP contribution in [0.3, 0.4) is 0 Å². The topological polar surface area (TPSA) is 46.9 Å². The number of para-hydroxylation sites is 1. The average molecular weight is 299 g/mol. The Morgan fingerprint density at radius 2 is 1.91 bits per heavy atom. The molecule has 4 heteroatoms. The number of nitrogens with one attached hydrogen (secondary N) is 1. The lowest BCUT2D eigenvalue weighted by molar-refractivity contribution is 0.0910. The third-order valence-electron chi connectivity index (χ3n) is 3.86. The van der Waals surface area contributed by atoms with E-state index >= 15 is 0 Å². The van der Waals surface area contributed by atoms with Gasteiger partial charge in [-0.25, -0.2) is 4.68 Å². The summed E-state index contributed by atoms with van der Waals surface area (Å²) in [5, 5.41) is 7.62. The van der Waals surface area contributed by atoms with Gasteiger partial charge in [-0.05, 0) is 50.3 Å². The molecule has 0 aliphatic heterocycles. The number of carbonyl (C=O) groups excluding carboxylic acids is 1. The van der Waals surface area contributed by atoms with Crippen molar-refractivity contribution < 1.29 is 4.79 Å². The number of benzene rings is 1. The predicted octanol–water partition coefficient (Wildman–Crippen LogP) is 3.76. The van der Waals surface area contributed by atoms with E-state index in [1.807, 2.05) is 45.0 Å². The largest absolute Gasteiger partial charge is 0.376 e. The van der Waals surface area contributed by atoms with Crippen LogP contribution >= 0.6 is 0 Å². The van der Waals surface area contributed by atoms with Gasteiger partial charge in [-0.2, -0.15) is 5.10 Å². The number of hydrogen-bond acceptors (Lipinski definition) is 3. The zero-order valence-electron chi connectivity index (χ0n) is 14.1. The SMILES string of the molecule is Cc1ccccc1NCC(=O)n1nc(C)c(CC(C)C)c1C. The maximum atomic E-state index is 12.4. The Morgan fingerprint density at radius 3 is 2.55 bits per heavy atom. The summed E-state index contributed by atoms with van der Waals surface area (Å²) >= 11 is 0. The monoisotopic (exact) mass is 299 g/mol. The molecule has 1 heterocycles. The standard InChI is InChI=1S/C18H25N3O/c1-12(2)10-16-14(4)20-21(15(16)5)18(22)11-19-17-9-7-6-8-13(17)3/h6-9,12,19H,10-11H2,1-5H3. The second-order valence-electron chi connectivity index (χ2n) is 6.22. The highest BCUT2D eigenvalue weighted by Gasteiger charge is 2.17. The molecule has 0 radical (unpaired) electrons. The van der Waals surface area contributed by atoms with Crippen molar-refractivity contribution in [3.8, 4) is 0 Å². The molecule has 0 aliphatic carbocycles. The van der Waals surface area contributed by atoms with Gasteiger partial charge in [-0.3, -0.25) is 4.79 Å². The van der Waals surface area contributed by atoms with Crippen LogP contribution in [-0.2, 0) is 6.42 Å². The molecule has 1 aromatic heterocycles. The first-order valence-corrected chi connectivity index (χ1v) is 7.78. The van der Waals surface area contributed by atoms with Gasteiger partial charge in [0.15, 0.2) is 0 Å². The smallest absolute Gasteiger partial charge is 0.266 e. The summed E-state index contributed by atoms with van der Waals surface area (Å²) in [6.45, 7) is 10.6.